The third-order valence-electron chi connectivity index (χ3n) is 5.96. The zero-order chi connectivity index (χ0) is 32.5. The molecule has 10 atom stereocenters. The number of carbonyl (C=O) groups is 7. The lowest BCUT2D eigenvalue weighted by molar-refractivity contribution is -0.267. The molecule has 0 saturated carbocycles. The predicted molar refractivity (Wildman–Crippen MR) is 136 cm³/mol. The second kappa shape index (κ2) is 15.9. The third kappa shape index (κ3) is 10.2. The second-order valence-corrected chi connectivity index (χ2v) is 9.54. The van der Waals surface area contributed by atoms with Crippen molar-refractivity contribution < 1.29 is 68.6 Å². The molecule has 1 aliphatic heterocycles. The maximum atomic E-state index is 12.9. The molecule has 10 N–H and O–H groups in total. The average molecular weight is 608 g/mol. The SMILES string of the molecule is CC(=O)N[C@@H]1[C@H](O[C@@H]([C@H](NC(C)=O)[C@H](CO)NC(C)=O)[C@H](O)C(=O)O)O[C@H](C(=O)N[C@@H](C)C(=O)O)[C@@H](O)[C@@H]1NC(C)=O. The highest BCUT2D eigenvalue weighted by atomic mass is 16.7. The number of aliphatic hydroxyl groups is 3. The molecule has 0 bridgehead atoms. The van der Waals surface area contributed by atoms with E-state index in [1.807, 2.05) is 0 Å². The van der Waals surface area contributed by atoms with Crippen molar-refractivity contribution in [2.45, 2.75) is 95.5 Å². The van der Waals surface area contributed by atoms with Crippen molar-refractivity contribution in [3.63, 3.8) is 0 Å². The largest absolute Gasteiger partial charge is 0.480 e. The zero-order valence-electron chi connectivity index (χ0n) is 23.4. The maximum absolute atomic E-state index is 12.9. The van der Waals surface area contributed by atoms with Crippen LogP contribution < -0.4 is 26.6 Å². The van der Waals surface area contributed by atoms with E-state index < -0.39 is 109 Å². The van der Waals surface area contributed by atoms with Gasteiger partial charge in [0.05, 0.1) is 24.7 Å². The molecule has 0 aromatic rings. The van der Waals surface area contributed by atoms with Gasteiger partial charge in [0.15, 0.2) is 18.5 Å². The summed E-state index contributed by atoms with van der Waals surface area (Å²) < 4.78 is 11.3. The molecular weight excluding hydrogens is 570 g/mol. The van der Waals surface area contributed by atoms with Crippen LogP contribution in [0.1, 0.15) is 34.6 Å². The summed E-state index contributed by atoms with van der Waals surface area (Å²) >= 11 is 0. The first-order chi connectivity index (χ1) is 19.4. The Labute approximate surface area is 239 Å². The summed E-state index contributed by atoms with van der Waals surface area (Å²) in [6, 6.07) is -7.78. The Morgan fingerprint density at radius 2 is 1.33 bits per heavy atom. The topological polar surface area (TPSA) is 299 Å². The first kappa shape index (κ1) is 36.1. The standard InChI is InChI=1S/C23H37N5O14/c1-7(21(37)38)24-20(36)19-16(34)14(27-10(4)32)15(28-11(5)33)23(42-19)41-18(17(35)22(39)40)13(26-9(3)31)12(6-29)25-8(2)30/h7,12-19,23,29,34-35H,6H2,1-5H3,(H,24,36)(H,25,30)(H,26,31)(H,27,32)(H,28,33)(H,37,38)(H,39,40)/t7-,12-,13+,14+,15-,16-,17-,18-,19-,23+/m0/s1. The molecule has 1 rings (SSSR count). The van der Waals surface area contributed by atoms with Crippen molar-refractivity contribution in [2.24, 2.45) is 0 Å². The molecule has 1 aliphatic rings. The Morgan fingerprint density at radius 3 is 1.76 bits per heavy atom. The van der Waals surface area contributed by atoms with Gasteiger partial charge < -0.3 is 61.6 Å². The maximum Gasteiger partial charge on any atom is 0.335 e. The number of ether oxygens (including phenoxy) is 2. The van der Waals surface area contributed by atoms with Crippen LogP contribution in [0.4, 0.5) is 0 Å². The molecule has 0 aliphatic carbocycles. The van der Waals surface area contributed by atoms with E-state index >= 15 is 0 Å². The Morgan fingerprint density at radius 1 is 0.810 bits per heavy atom. The highest BCUT2D eigenvalue weighted by Gasteiger charge is 2.52. The van der Waals surface area contributed by atoms with Crippen molar-refractivity contribution in [1.82, 2.24) is 26.6 Å². The van der Waals surface area contributed by atoms with Crippen LogP contribution >= 0.6 is 0 Å². The van der Waals surface area contributed by atoms with Gasteiger partial charge in [-0.05, 0) is 6.92 Å². The van der Waals surface area contributed by atoms with Crippen LogP contribution in [0.2, 0.25) is 0 Å². The second-order valence-electron chi connectivity index (χ2n) is 9.54. The van der Waals surface area contributed by atoms with E-state index in [0.717, 1.165) is 34.6 Å². The van der Waals surface area contributed by atoms with Crippen LogP contribution in [-0.2, 0) is 43.0 Å². The fourth-order valence-electron chi connectivity index (χ4n) is 4.18. The van der Waals surface area contributed by atoms with Crippen molar-refractivity contribution in [3.05, 3.63) is 0 Å². The van der Waals surface area contributed by atoms with E-state index in [0.29, 0.717) is 0 Å². The van der Waals surface area contributed by atoms with E-state index in [1.54, 1.807) is 0 Å². The predicted octanol–water partition coefficient (Wildman–Crippen LogP) is -5.50. The monoisotopic (exact) mass is 607 g/mol. The molecule has 0 aromatic heterocycles. The normalized spacial score (nSPS) is 25.4. The summed E-state index contributed by atoms with van der Waals surface area (Å²) in [5, 5.41) is 61.5. The Bertz CT molecular complexity index is 1040. The summed E-state index contributed by atoms with van der Waals surface area (Å²) in [5.74, 6) is -7.64. The molecule has 19 heteroatoms. The average Bonchev–Trinajstić information content (AvgIpc) is 2.86. The van der Waals surface area contributed by atoms with Gasteiger partial charge in [0.2, 0.25) is 23.6 Å². The number of aliphatic carboxylic acids is 2. The molecule has 1 fully saturated rings. The molecule has 0 radical (unpaired) electrons. The van der Waals surface area contributed by atoms with Gasteiger partial charge in [-0.1, -0.05) is 0 Å². The van der Waals surface area contributed by atoms with Crippen LogP contribution in [0.3, 0.4) is 0 Å². The van der Waals surface area contributed by atoms with Crippen LogP contribution in [0, 0.1) is 0 Å². The van der Waals surface area contributed by atoms with E-state index in [-0.39, 0.29) is 0 Å². The fraction of sp³-hybridized carbons (Fsp3) is 0.696. The molecule has 1 heterocycles. The number of aliphatic hydroxyl groups excluding tert-OH is 3. The summed E-state index contributed by atoms with van der Waals surface area (Å²) in [5.41, 5.74) is 0. The van der Waals surface area contributed by atoms with Gasteiger partial charge in [-0.25, -0.2) is 4.79 Å². The molecule has 0 aromatic carbocycles. The lowest BCUT2D eigenvalue weighted by Gasteiger charge is -2.46. The van der Waals surface area contributed by atoms with Gasteiger partial charge in [0.25, 0.3) is 5.91 Å². The van der Waals surface area contributed by atoms with E-state index in [2.05, 4.69) is 26.6 Å². The molecule has 0 spiro atoms. The van der Waals surface area contributed by atoms with Crippen molar-refractivity contribution in [1.29, 1.82) is 0 Å². The minimum atomic E-state index is -2.50. The number of hydrogen-bond acceptors (Lipinski definition) is 12. The third-order valence-corrected chi connectivity index (χ3v) is 5.96. The summed E-state index contributed by atoms with van der Waals surface area (Å²) in [6.45, 7) is 4.32. The lowest BCUT2D eigenvalue weighted by Crippen LogP contribution is -2.72. The first-order valence-corrected chi connectivity index (χ1v) is 12.5. The van der Waals surface area contributed by atoms with Crippen LogP contribution in [0.15, 0.2) is 0 Å². The summed E-state index contributed by atoms with van der Waals surface area (Å²) in [4.78, 5) is 83.9. The van der Waals surface area contributed by atoms with E-state index in [4.69, 9.17) is 14.6 Å². The van der Waals surface area contributed by atoms with E-state index in [1.165, 1.54) is 0 Å². The number of nitrogens with one attached hydrogen (secondary N) is 5. The Kier molecular flexibility index (Phi) is 13.7. The highest BCUT2D eigenvalue weighted by Crippen LogP contribution is 2.26. The first-order valence-electron chi connectivity index (χ1n) is 12.5. The number of amides is 5. The van der Waals surface area contributed by atoms with Gasteiger partial charge in [-0.2, -0.15) is 0 Å². The van der Waals surface area contributed by atoms with Gasteiger partial charge >= 0.3 is 11.9 Å². The number of hydrogen-bond donors (Lipinski definition) is 10. The minimum Gasteiger partial charge on any atom is -0.480 e. The summed E-state index contributed by atoms with van der Waals surface area (Å²) in [7, 11) is 0. The molecule has 0 unspecified atom stereocenters. The molecule has 1 saturated heterocycles. The van der Waals surface area contributed by atoms with Crippen molar-refractivity contribution >= 4 is 41.5 Å². The van der Waals surface area contributed by atoms with Gasteiger partial charge in [-0.3, -0.25) is 28.8 Å². The zero-order valence-corrected chi connectivity index (χ0v) is 23.4. The van der Waals surface area contributed by atoms with Gasteiger partial charge in [-0.15, -0.1) is 0 Å². The number of rotatable bonds is 14. The van der Waals surface area contributed by atoms with Crippen LogP contribution in [0.25, 0.3) is 0 Å². The number of carboxylic acids is 2. The van der Waals surface area contributed by atoms with Gasteiger partial charge in [0, 0.05) is 27.7 Å². The van der Waals surface area contributed by atoms with Crippen molar-refractivity contribution in [3.8, 4) is 0 Å². The number of carboxylic acid groups (broad SMARTS) is 2. The minimum absolute atomic E-state index is 0.726. The van der Waals surface area contributed by atoms with Gasteiger partial charge in [0.1, 0.15) is 24.3 Å². The van der Waals surface area contributed by atoms with Crippen LogP contribution in [0.5, 0.6) is 0 Å². The fourth-order valence-corrected chi connectivity index (χ4v) is 4.18. The van der Waals surface area contributed by atoms with Crippen LogP contribution in [-0.4, -0.2) is 135 Å². The molecule has 5 amide bonds. The molecule has 42 heavy (non-hydrogen) atoms. The lowest BCUT2D eigenvalue weighted by atomic mass is 9.92. The smallest absolute Gasteiger partial charge is 0.335 e. The van der Waals surface area contributed by atoms with Crippen molar-refractivity contribution in [2.75, 3.05) is 6.61 Å². The Hall–Kier alpha value is -3.91. The van der Waals surface area contributed by atoms with E-state index in [9.17, 15) is 54.0 Å². The molecule has 238 valence electrons. The number of carbonyl (C=O) groups excluding carboxylic acids is 5. The highest BCUT2D eigenvalue weighted by molar-refractivity contribution is 5.87. The Balaban J connectivity index is 3.74. The summed E-state index contributed by atoms with van der Waals surface area (Å²) in [6.07, 6.45) is -10.5. The molecule has 19 nitrogen and oxygen atoms in total. The quantitative estimate of drug-likeness (QED) is 0.0881. The molecular formula is C23H37N5O14.